The van der Waals surface area contributed by atoms with Crippen molar-refractivity contribution >= 4 is 11.7 Å². The van der Waals surface area contributed by atoms with Crippen LogP contribution in [0.25, 0.3) is 0 Å². The smallest absolute Gasteiger partial charge is 0.328 e. The van der Waals surface area contributed by atoms with Gasteiger partial charge in [0.05, 0.1) is 7.11 Å². The molecule has 1 N–H and O–H groups in total. The second-order valence-corrected chi connectivity index (χ2v) is 6.42. The molecule has 1 saturated heterocycles. The average Bonchev–Trinajstić information content (AvgIpc) is 2.68. The van der Waals surface area contributed by atoms with Gasteiger partial charge in [0.25, 0.3) is 0 Å². The van der Waals surface area contributed by atoms with Gasteiger partial charge in [0.2, 0.25) is 0 Å². The standard InChI is InChI=1S/C20H24N2O3/c1-20(19(23)24,16-7-4-3-5-8-16)22-13-11-21(12-14-22)17-9-6-10-18(15-17)25-2/h3-10,15H,11-14H2,1-2H3,(H,23,24). The molecule has 1 fully saturated rings. The number of carboxylic acid groups (broad SMARTS) is 1. The van der Waals surface area contributed by atoms with Gasteiger partial charge in [-0.05, 0) is 24.6 Å². The van der Waals surface area contributed by atoms with Gasteiger partial charge in [0.15, 0.2) is 0 Å². The fourth-order valence-corrected chi connectivity index (χ4v) is 3.42. The van der Waals surface area contributed by atoms with Crippen molar-refractivity contribution in [1.82, 2.24) is 4.90 Å². The lowest BCUT2D eigenvalue weighted by atomic mass is 9.89. The molecule has 1 aliphatic heterocycles. The Morgan fingerprint density at radius 1 is 1.04 bits per heavy atom. The first-order valence-electron chi connectivity index (χ1n) is 8.48. The molecule has 0 bridgehead atoms. The topological polar surface area (TPSA) is 53.0 Å². The molecule has 1 atom stereocenters. The lowest BCUT2D eigenvalue weighted by molar-refractivity contribution is -0.151. The minimum atomic E-state index is -1.01. The fourth-order valence-electron chi connectivity index (χ4n) is 3.42. The highest BCUT2D eigenvalue weighted by Crippen LogP contribution is 2.31. The average molecular weight is 340 g/mol. The van der Waals surface area contributed by atoms with Crippen LogP contribution in [0.1, 0.15) is 12.5 Å². The molecule has 1 heterocycles. The molecular weight excluding hydrogens is 316 g/mol. The van der Waals surface area contributed by atoms with Crippen LogP contribution in [0, 0.1) is 0 Å². The van der Waals surface area contributed by atoms with Crippen LogP contribution >= 0.6 is 0 Å². The van der Waals surface area contributed by atoms with Gasteiger partial charge in [-0.2, -0.15) is 0 Å². The maximum atomic E-state index is 12.1. The Hall–Kier alpha value is -2.53. The predicted octanol–water partition coefficient (Wildman–Crippen LogP) is 2.82. The van der Waals surface area contributed by atoms with E-state index in [0.29, 0.717) is 13.1 Å². The van der Waals surface area contributed by atoms with E-state index in [9.17, 15) is 9.90 Å². The summed E-state index contributed by atoms with van der Waals surface area (Å²) in [6, 6.07) is 17.5. The first-order valence-corrected chi connectivity index (χ1v) is 8.48. The van der Waals surface area contributed by atoms with E-state index in [1.54, 1.807) is 14.0 Å². The summed E-state index contributed by atoms with van der Waals surface area (Å²) < 4.78 is 5.30. The summed E-state index contributed by atoms with van der Waals surface area (Å²) in [5, 5.41) is 9.92. The number of rotatable bonds is 5. The van der Waals surface area contributed by atoms with E-state index >= 15 is 0 Å². The summed E-state index contributed by atoms with van der Waals surface area (Å²) in [5.74, 6) is 0.0214. The van der Waals surface area contributed by atoms with Gasteiger partial charge in [-0.25, -0.2) is 4.79 Å². The maximum absolute atomic E-state index is 12.1. The quantitative estimate of drug-likeness (QED) is 0.907. The summed E-state index contributed by atoms with van der Waals surface area (Å²) in [4.78, 5) is 16.4. The Morgan fingerprint density at radius 3 is 2.32 bits per heavy atom. The molecule has 0 aromatic heterocycles. The van der Waals surface area contributed by atoms with Gasteiger partial charge >= 0.3 is 5.97 Å². The normalized spacial score (nSPS) is 17.8. The number of hydrogen-bond acceptors (Lipinski definition) is 4. The molecule has 25 heavy (non-hydrogen) atoms. The van der Waals surface area contributed by atoms with Crippen LogP contribution in [0.4, 0.5) is 5.69 Å². The van der Waals surface area contributed by atoms with Crippen LogP contribution in [0.15, 0.2) is 54.6 Å². The van der Waals surface area contributed by atoms with Crippen LogP contribution < -0.4 is 9.64 Å². The van der Waals surface area contributed by atoms with E-state index in [1.807, 2.05) is 48.5 Å². The summed E-state index contributed by atoms with van der Waals surface area (Å²) in [5.41, 5.74) is 0.912. The van der Waals surface area contributed by atoms with E-state index < -0.39 is 11.5 Å². The summed E-state index contributed by atoms with van der Waals surface area (Å²) in [6.07, 6.45) is 0. The van der Waals surface area contributed by atoms with Gasteiger partial charge in [-0.1, -0.05) is 36.4 Å². The summed E-state index contributed by atoms with van der Waals surface area (Å²) in [6.45, 7) is 4.74. The molecule has 2 aromatic carbocycles. The van der Waals surface area contributed by atoms with Crippen LogP contribution in [0.3, 0.4) is 0 Å². The Balaban J connectivity index is 1.77. The van der Waals surface area contributed by atoms with E-state index in [4.69, 9.17) is 4.74 Å². The van der Waals surface area contributed by atoms with Crippen molar-refractivity contribution in [3.05, 3.63) is 60.2 Å². The van der Waals surface area contributed by atoms with Crippen molar-refractivity contribution in [2.24, 2.45) is 0 Å². The monoisotopic (exact) mass is 340 g/mol. The molecule has 5 nitrogen and oxygen atoms in total. The third kappa shape index (κ3) is 3.33. The number of benzene rings is 2. The fraction of sp³-hybridized carbons (Fsp3) is 0.350. The van der Waals surface area contributed by atoms with Crippen molar-refractivity contribution in [2.45, 2.75) is 12.5 Å². The van der Waals surface area contributed by atoms with E-state index in [2.05, 4.69) is 15.9 Å². The van der Waals surface area contributed by atoms with Gasteiger partial charge in [0, 0.05) is 37.9 Å². The Labute approximate surface area is 148 Å². The maximum Gasteiger partial charge on any atom is 0.328 e. The highest BCUT2D eigenvalue weighted by molar-refractivity contribution is 5.80. The Morgan fingerprint density at radius 2 is 1.72 bits per heavy atom. The first-order chi connectivity index (χ1) is 12.1. The number of carbonyl (C=O) groups is 1. The number of ether oxygens (including phenoxy) is 1. The third-order valence-electron chi connectivity index (χ3n) is 5.08. The number of hydrogen-bond donors (Lipinski definition) is 1. The molecule has 132 valence electrons. The van der Waals surface area contributed by atoms with Gasteiger partial charge in [-0.15, -0.1) is 0 Å². The van der Waals surface area contributed by atoms with E-state index in [0.717, 1.165) is 30.1 Å². The number of anilines is 1. The van der Waals surface area contributed by atoms with Crippen molar-refractivity contribution in [3.63, 3.8) is 0 Å². The number of methoxy groups -OCH3 is 1. The van der Waals surface area contributed by atoms with Crippen LogP contribution in [0.2, 0.25) is 0 Å². The molecule has 1 unspecified atom stereocenters. The minimum Gasteiger partial charge on any atom is -0.497 e. The molecule has 0 aliphatic carbocycles. The zero-order valence-corrected chi connectivity index (χ0v) is 14.7. The minimum absolute atomic E-state index is 0.689. The summed E-state index contributed by atoms with van der Waals surface area (Å²) in [7, 11) is 1.66. The van der Waals surface area contributed by atoms with Gasteiger partial charge in [0.1, 0.15) is 11.3 Å². The molecule has 0 radical (unpaired) electrons. The number of carboxylic acids is 1. The molecule has 0 amide bonds. The Bertz CT molecular complexity index is 727. The van der Waals surface area contributed by atoms with Crippen molar-refractivity contribution in [2.75, 3.05) is 38.2 Å². The Kier molecular flexibility index (Phi) is 4.95. The lowest BCUT2D eigenvalue weighted by Gasteiger charge is -2.44. The first kappa shape index (κ1) is 17.3. The second kappa shape index (κ2) is 7.15. The van der Waals surface area contributed by atoms with Crippen molar-refractivity contribution in [1.29, 1.82) is 0 Å². The highest BCUT2D eigenvalue weighted by Gasteiger charge is 2.42. The zero-order valence-electron chi connectivity index (χ0n) is 14.7. The van der Waals surface area contributed by atoms with E-state index in [1.165, 1.54) is 0 Å². The third-order valence-corrected chi connectivity index (χ3v) is 5.08. The van der Waals surface area contributed by atoms with E-state index in [-0.39, 0.29) is 0 Å². The molecule has 2 aromatic rings. The highest BCUT2D eigenvalue weighted by atomic mass is 16.5. The summed E-state index contributed by atoms with van der Waals surface area (Å²) >= 11 is 0. The SMILES string of the molecule is COc1cccc(N2CCN(C(C)(C(=O)O)c3ccccc3)CC2)c1. The lowest BCUT2D eigenvalue weighted by Crippen LogP contribution is -2.57. The molecule has 3 rings (SSSR count). The van der Waals surface area contributed by atoms with Gasteiger partial charge < -0.3 is 14.7 Å². The van der Waals surface area contributed by atoms with Crippen molar-refractivity contribution < 1.29 is 14.6 Å². The molecule has 0 spiro atoms. The molecular formula is C20H24N2O3. The number of nitrogens with zero attached hydrogens (tertiary/aromatic N) is 2. The molecule has 1 aliphatic rings. The number of piperazine rings is 1. The number of aliphatic carboxylic acids is 1. The van der Waals surface area contributed by atoms with Crippen molar-refractivity contribution in [3.8, 4) is 5.75 Å². The van der Waals surface area contributed by atoms with Crippen LogP contribution in [0.5, 0.6) is 5.75 Å². The van der Waals surface area contributed by atoms with Crippen LogP contribution in [-0.2, 0) is 10.3 Å². The zero-order chi connectivity index (χ0) is 17.9. The predicted molar refractivity (Wildman–Crippen MR) is 98.2 cm³/mol. The van der Waals surface area contributed by atoms with Gasteiger partial charge in [-0.3, -0.25) is 4.90 Å². The molecule has 5 heteroatoms. The largest absolute Gasteiger partial charge is 0.497 e. The van der Waals surface area contributed by atoms with Crippen LogP contribution in [-0.4, -0.2) is 49.3 Å². The molecule has 0 saturated carbocycles. The second-order valence-electron chi connectivity index (χ2n) is 6.42.